The van der Waals surface area contributed by atoms with Crippen molar-refractivity contribution in [3.8, 4) is 0 Å². The van der Waals surface area contributed by atoms with Crippen molar-refractivity contribution in [2.24, 2.45) is 0 Å². The van der Waals surface area contributed by atoms with Gasteiger partial charge in [-0.05, 0) is 30.5 Å². The number of rotatable bonds is 4. The lowest BCUT2D eigenvalue weighted by molar-refractivity contribution is -0.130. The first-order valence-corrected chi connectivity index (χ1v) is 7.36. The standard InChI is InChI=1S/C16H23FN2O2/c1-12(20)18(2)15-7-9-19(10-8-15)11-16(21)13-3-5-14(17)6-4-13/h3-6,15-16,21H,7-11H2,1-2H3. The van der Waals surface area contributed by atoms with Gasteiger partial charge < -0.3 is 14.9 Å². The highest BCUT2D eigenvalue weighted by molar-refractivity contribution is 5.73. The Morgan fingerprint density at radius 2 is 1.95 bits per heavy atom. The third-order valence-corrected chi connectivity index (χ3v) is 4.29. The van der Waals surface area contributed by atoms with Gasteiger partial charge in [0.15, 0.2) is 0 Å². The summed E-state index contributed by atoms with van der Waals surface area (Å²) >= 11 is 0. The van der Waals surface area contributed by atoms with Gasteiger partial charge in [0, 0.05) is 39.6 Å². The van der Waals surface area contributed by atoms with Crippen LogP contribution >= 0.6 is 0 Å². The van der Waals surface area contributed by atoms with E-state index in [0.29, 0.717) is 12.6 Å². The highest BCUT2D eigenvalue weighted by atomic mass is 19.1. The molecule has 0 spiro atoms. The third-order valence-electron chi connectivity index (χ3n) is 4.29. The number of piperidine rings is 1. The second-order valence-corrected chi connectivity index (χ2v) is 5.73. The Bertz CT molecular complexity index is 470. The number of likely N-dealkylation sites (tertiary alicyclic amines) is 1. The number of benzene rings is 1. The Morgan fingerprint density at radius 1 is 1.38 bits per heavy atom. The van der Waals surface area contributed by atoms with Gasteiger partial charge in [-0.1, -0.05) is 12.1 Å². The molecule has 1 fully saturated rings. The first-order valence-electron chi connectivity index (χ1n) is 7.36. The van der Waals surface area contributed by atoms with E-state index in [1.807, 2.05) is 7.05 Å². The average Bonchev–Trinajstić information content (AvgIpc) is 2.47. The molecule has 1 aromatic carbocycles. The van der Waals surface area contributed by atoms with E-state index < -0.39 is 6.10 Å². The van der Waals surface area contributed by atoms with Gasteiger partial charge in [-0.15, -0.1) is 0 Å². The SMILES string of the molecule is CC(=O)N(C)C1CCN(CC(O)c2ccc(F)cc2)CC1. The van der Waals surface area contributed by atoms with Crippen LogP contribution in [0.3, 0.4) is 0 Å². The Morgan fingerprint density at radius 3 is 2.48 bits per heavy atom. The number of aliphatic hydroxyl groups is 1. The third kappa shape index (κ3) is 4.25. The summed E-state index contributed by atoms with van der Waals surface area (Å²) in [6, 6.07) is 6.27. The lowest BCUT2D eigenvalue weighted by atomic mass is 10.0. The predicted molar refractivity (Wildman–Crippen MR) is 79.3 cm³/mol. The van der Waals surface area contributed by atoms with Crippen LogP contribution in [0.25, 0.3) is 0 Å². The van der Waals surface area contributed by atoms with Gasteiger partial charge in [-0.3, -0.25) is 4.79 Å². The molecule has 1 amide bonds. The van der Waals surface area contributed by atoms with Crippen LogP contribution in [0.4, 0.5) is 4.39 Å². The van der Waals surface area contributed by atoms with Crippen LogP contribution in [-0.2, 0) is 4.79 Å². The molecule has 1 aliphatic heterocycles. The van der Waals surface area contributed by atoms with Crippen molar-refractivity contribution in [3.63, 3.8) is 0 Å². The topological polar surface area (TPSA) is 43.8 Å². The second-order valence-electron chi connectivity index (χ2n) is 5.73. The van der Waals surface area contributed by atoms with Crippen LogP contribution < -0.4 is 0 Å². The summed E-state index contributed by atoms with van der Waals surface area (Å²) in [6.45, 7) is 3.86. The van der Waals surface area contributed by atoms with Crippen molar-refractivity contribution in [2.75, 3.05) is 26.7 Å². The lowest BCUT2D eigenvalue weighted by Gasteiger charge is -2.37. The van der Waals surface area contributed by atoms with Crippen molar-refractivity contribution in [1.29, 1.82) is 0 Å². The Balaban J connectivity index is 1.83. The van der Waals surface area contributed by atoms with Crippen LogP contribution in [-0.4, -0.2) is 53.5 Å². The molecule has 4 nitrogen and oxygen atoms in total. The summed E-state index contributed by atoms with van der Waals surface area (Å²) in [6.07, 6.45) is 1.24. The van der Waals surface area contributed by atoms with E-state index in [1.165, 1.54) is 12.1 Å². The smallest absolute Gasteiger partial charge is 0.219 e. The number of hydrogen-bond acceptors (Lipinski definition) is 3. The number of β-amino-alcohol motifs (C(OH)–C–C–N with tert-alkyl or cyclic N) is 1. The monoisotopic (exact) mass is 294 g/mol. The van der Waals surface area contributed by atoms with Crippen molar-refractivity contribution in [3.05, 3.63) is 35.6 Å². The molecule has 1 atom stereocenters. The molecule has 21 heavy (non-hydrogen) atoms. The second kappa shape index (κ2) is 7.00. The highest BCUT2D eigenvalue weighted by Gasteiger charge is 2.25. The van der Waals surface area contributed by atoms with Gasteiger partial charge in [0.1, 0.15) is 5.82 Å². The molecule has 2 rings (SSSR count). The quantitative estimate of drug-likeness (QED) is 0.921. The molecule has 0 radical (unpaired) electrons. The van der Waals surface area contributed by atoms with Crippen LogP contribution in [0.2, 0.25) is 0 Å². The van der Waals surface area contributed by atoms with Crippen LogP contribution in [0, 0.1) is 5.82 Å². The van der Waals surface area contributed by atoms with Gasteiger partial charge in [0.25, 0.3) is 0 Å². The summed E-state index contributed by atoms with van der Waals surface area (Å²) in [5.41, 5.74) is 0.736. The van der Waals surface area contributed by atoms with Gasteiger partial charge in [0.2, 0.25) is 5.91 Å². The van der Waals surface area contributed by atoms with E-state index in [-0.39, 0.29) is 11.7 Å². The summed E-state index contributed by atoms with van der Waals surface area (Å²) in [4.78, 5) is 15.3. The maximum Gasteiger partial charge on any atom is 0.219 e. The Kier molecular flexibility index (Phi) is 5.31. The Labute approximate surface area is 125 Å². The Hall–Kier alpha value is -1.46. The fourth-order valence-corrected chi connectivity index (χ4v) is 2.78. The zero-order valence-corrected chi connectivity index (χ0v) is 12.6. The maximum absolute atomic E-state index is 12.9. The minimum Gasteiger partial charge on any atom is -0.387 e. The number of aliphatic hydroxyl groups excluding tert-OH is 1. The lowest BCUT2D eigenvalue weighted by Crippen LogP contribution is -2.45. The minimum atomic E-state index is -0.604. The number of hydrogen-bond donors (Lipinski definition) is 1. The maximum atomic E-state index is 12.9. The van der Waals surface area contributed by atoms with E-state index in [0.717, 1.165) is 31.5 Å². The van der Waals surface area contributed by atoms with E-state index in [9.17, 15) is 14.3 Å². The molecule has 5 heteroatoms. The molecular formula is C16H23FN2O2. The zero-order valence-electron chi connectivity index (χ0n) is 12.6. The average molecular weight is 294 g/mol. The normalized spacial score (nSPS) is 18.5. The molecule has 1 aliphatic rings. The number of carbonyl (C=O) groups is 1. The summed E-state index contributed by atoms with van der Waals surface area (Å²) in [7, 11) is 1.84. The zero-order chi connectivity index (χ0) is 15.4. The first kappa shape index (κ1) is 15.9. The predicted octanol–water partition coefficient (Wildman–Crippen LogP) is 1.80. The van der Waals surface area contributed by atoms with Crippen molar-refractivity contribution < 1.29 is 14.3 Å². The summed E-state index contributed by atoms with van der Waals surface area (Å²) in [5, 5.41) is 10.2. The molecule has 1 N–H and O–H groups in total. The number of amides is 1. The molecule has 1 saturated heterocycles. The number of halogens is 1. The summed E-state index contributed by atoms with van der Waals surface area (Å²) in [5.74, 6) is -0.196. The van der Waals surface area contributed by atoms with Crippen molar-refractivity contribution in [2.45, 2.75) is 31.9 Å². The molecule has 1 heterocycles. The van der Waals surface area contributed by atoms with Crippen LogP contribution in [0.5, 0.6) is 0 Å². The molecule has 0 aliphatic carbocycles. The molecule has 1 unspecified atom stereocenters. The molecule has 0 saturated carbocycles. The van der Waals surface area contributed by atoms with Gasteiger partial charge >= 0.3 is 0 Å². The van der Waals surface area contributed by atoms with Crippen molar-refractivity contribution >= 4 is 5.91 Å². The molecule has 116 valence electrons. The van der Waals surface area contributed by atoms with Crippen LogP contribution in [0.15, 0.2) is 24.3 Å². The highest BCUT2D eigenvalue weighted by Crippen LogP contribution is 2.20. The molecular weight excluding hydrogens is 271 g/mol. The van der Waals surface area contributed by atoms with E-state index >= 15 is 0 Å². The van der Waals surface area contributed by atoms with Crippen LogP contribution in [0.1, 0.15) is 31.4 Å². The van der Waals surface area contributed by atoms with Crippen molar-refractivity contribution in [1.82, 2.24) is 9.80 Å². The molecule has 0 aromatic heterocycles. The number of nitrogens with zero attached hydrogens (tertiary/aromatic N) is 2. The number of carbonyl (C=O) groups excluding carboxylic acids is 1. The minimum absolute atomic E-state index is 0.0970. The first-order chi connectivity index (χ1) is 9.97. The fourth-order valence-electron chi connectivity index (χ4n) is 2.78. The van der Waals surface area contributed by atoms with Gasteiger partial charge in [-0.2, -0.15) is 0 Å². The van der Waals surface area contributed by atoms with E-state index in [2.05, 4.69) is 4.90 Å². The molecule has 0 bridgehead atoms. The summed E-state index contributed by atoms with van der Waals surface area (Å²) < 4.78 is 12.9. The fraction of sp³-hybridized carbons (Fsp3) is 0.562. The van der Waals surface area contributed by atoms with E-state index in [4.69, 9.17) is 0 Å². The largest absolute Gasteiger partial charge is 0.387 e. The van der Waals surface area contributed by atoms with E-state index in [1.54, 1.807) is 24.0 Å². The van der Waals surface area contributed by atoms with Gasteiger partial charge in [-0.25, -0.2) is 4.39 Å². The molecule has 1 aromatic rings. The van der Waals surface area contributed by atoms with Gasteiger partial charge in [0.05, 0.1) is 6.10 Å².